The van der Waals surface area contributed by atoms with Crippen molar-refractivity contribution in [2.45, 2.75) is 39.0 Å². The van der Waals surface area contributed by atoms with Gasteiger partial charge in [0.2, 0.25) is 0 Å². The number of hydrogen-bond donors (Lipinski definition) is 3. The van der Waals surface area contributed by atoms with E-state index in [-0.39, 0.29) is 5.91 Å². The molecule has 0 aromatic carbocycles. The minimum absolute atomic E-state index is 0.172. The van der Waals surface area contributed by atoms with E-state index in [4.69, 9.17) is 5.73 Å². The lowest BCUT2D eigenvalue weighted by atomic mass is 10.2. The highest BCUT2D eigenvalue weighted by molar-refractivity contribution is 5.97. The Kier molecular flexibility index (Phi) is 3.66. The molecule has 1 heterocycles. The van der Waals surface area contributed by atoms with E-state index in [2.05, 4.69) is 15.5 Å². The number of aromatic amines is 1. The number of hydrogen-bond acceptors (Lipinski definition) is 3. The van der Waals surface area contributed by atoms with Crippen LogP contribution in [0.2, 0.25) is 0 Å². The summed E-state index contributed by atoms with van der Waals surface area (Å²) in [6.07, 6.45) is 5.74. The molecule has 0 bridgehead atoms. The van der Waals surface area contributed by atoms with E-state index in [0.717, 1.165) is 24.5 Å². The van der Waals surface area contributed by atoms with Crippen molar-refractivity contribution in [1.29, 1.82) is 0 Å². The van der Waals surface area contributed by atoms with Crippen LogP contribution in [0.1, 0.15) is 48.8 Å². The first-order valence-electron chi connectivity index (χ1n) is 6.33. The van der Waals surface area contributed by atoms with Gasteiger partial charge in [0.15, 0.2) is 5.69 Å². The molecule has 4 N–H and O–H groups in total. The van der Waals surface area contributed by atoms with Crippen LogP contribution in [0.5, 0.6) is 0 Å². The molecule has 1 amide bonds. The topological polar surface area (TPSA) is 83.8 Å². The zero-order chi connectivity index (χ0) is 12.3. The number of nitrogens with zero attached hydrogens (tertiary/aromatic N) is 1. The van der Waals surface area contributed by atoms with Crippen LogP contribution in [0.3, 0.4) is 0 Å². The first-order valence-corrected chi connectivity index (χ1v) is 6.33. The Morgan fingerprint density at radius 1 is 1.59 bits per heavy atom. The van der Waals surface area contributed by atoms with Crippen molar-refractivity contribution < 1.29 is 4.79 Å². The molecule has 0 saturated heterocycles. The third-order valence-corrected chi connectivity index (χ3v) is 3.22. The van der Waals surface area contributed by atoms with E-state index >= 15 is 0 Å². The van der Waals surface area contributed by atoms with Crippen LogP contribution in [0.4, 0.5) is 5.69 Å². The predicted octanol–water partition coefficient (Wildman–Crippen LogP) is 1.47. The third-order valence-electron chi connectivity index (χ3n) is 3.22. The van der Waals surface area contributed by atoms with Gasteiger partial charge in [0.25, 0.3) is 5.91 Å². The van der Waals surface area contributed by atoms with Crippen molar-refractivity contribution >= 4 is 11.6 Å². The summed E-state index contributed by atoms with van der Waals surface area (Å²) < 4.78 is 0. The normalized spacial score (nSPS) is 14.9. The smallest absolute Gasteiger partial charge is 0.273 e. The van der Waals surface area contributed by atoms with Crippen molar-refractivity contribution in [3.05, 3.63) is 11.4 Å². The van der Waals surface area contributed by atoms with Gasteiger partial charge in [-0.3, -0.25) is 9.89 Å². The molecule has 0 radical (unpaired) electrons. The molecule has 2 rings (SSSR count). The van der Waals surface area contributed by atoms with E-state index in [1.807, 2.05) is 6.92 Å². The fourth-order valence-corrected chi connectivity index (χ4v) is 1.91. The number of amides is 1. The number of aryl methyl sites for hydroxylation is 1. The zero-order valence-corrected chi connectivity index (χ0v) is 10.3. The van der Waals surface area contributed by atoms with Gasteiger partial charge >= 0.3 is 0 Å². The molecular formula is C12H20N4O. The molecule has 17 heavy (non-hydrogen) atoms. The van der Waals surface area contributed by atoms with Gasteiger partial charge in [0, 0.05) is 6.54 Å². The van der Waals surface area contributed by atoms with E-state index in [9.17, 15) is 4.79 Å². The number of anilines is 1. The van der Waals surface area contributed by atoms with E-state index in [0.29, 0.717) is 17.9 Å². The lowest BCUT2D eigenvalue weighted by Gasteiger charge is -2.03. The summed E-state index contributed by atoms with van der Waals surface area (Å²) >= 11 is 0. The van der Waals surface area contributed by atoms with Gasteiger partial charge in [-0.05, 0) is 25.2 Å². The molecule has 5 nitrogen and oxygen atoms in total. The van der Waals surface area contributed by atoms with Crippen LogP contribution in [-0.2, 0) is 6.42 Å². The number of carbonyl (C=O) groups is 1. The Hall–Kier alpha value is -1.52. The predicted molar refractivity (Wildman–Crippen MR) is 66.7 cm³/mol. The van der Waals surface area contributed by atoms with E-state index in [1.165, 1.54) is 19.3 Å². The van der Waals surface area contributed by atoms with Gasteiger partial charge in [-0.1, -0.05) is 19.8 Å². The fraction of sp³-hybridized carbons (Fsp3) is 0.667. The fourth-order valence-electron chi connectivity index (χ4n) is 1.91. The number of carbonyl (C=O) groups excluding carboxylic acids is 1. The summed E-state index contributed by atoms with van der Waals surface area (Å²) in [4.78, 5) is 11.8. The van der Waals surface area contributed by atoms with Gasteiger partial charge in [0.05, 0.1) is 11.4 Å². The second kappa shape index (κ2) is 5.21. The number of aromatic nitrogens is 2. The average molecular weight is 236 g/mol. The molecule has 1 saturated carbocycles. The maximum atomic E-state index is 11.8. The largest absolute Gasteiger partial charge is 0.395 e. The SMILES string of the molecule is CCc1[nH]nc(C(=O)NCCCC2CC2)c1N. The monoisotopic (exact) mass is 236 g/mol. The summed E-state index contributed by atoms with van der Waals surface area (Å²) in [6.45, 7) is 2.68. The van der Waals surface area contributed by atoms with Gasteiger partial charge in [0.1, 0.15) is 0 Å². The minimum Gasteiger partial charge on any atom is -0.395 e. The van der Waals surface area contributed by atoms with Crippen LogP contribution in [0.25, 0.3) is 0 Å². The van der Waals surface area contributed by atoms with Gasteiger partial charge < -0.3 is 11.1 Å². The van der Waals surface area contributed by atoms with Crippen molar-refractivity contribution in [3.63, 3.8) is 0 Å². The third kappa shape index (κ3) is 2.99. The van der Waals surface area contributed by atoms with Crippen LogP contribution < -0.4 is 11.1 Å². The Morgan fingerprint density at radius 3 is 2.94 bits per heavy atom. The van der Waals surface area contributed by atoms with Crippen molar-refractivity contribution in [3.8, 4) is 0 Å². The lowest BCUT2D eigenvalue weighted by molar-refractivity contribution is 0.0948. The average Bonchev–Trinajstić information content (AvgIpc) is 3.07. The standard InChI is InChI=1S/C12H20N4O/c1-2-9-10(13)11(16-15-9)12(17)14-7-3-4-8-5-6-8/h8H,2-7,13H2,1H3,(H,14,17)(H,15,16). The zero-order valence-electron chi connectivity index (χ0n) is 10.3. The van der Waals surface area contributed by atoms with Crippen molar-refractivity contribution in [1.82, 2.24) is 15.5 Å². The molecule has 0 spiro atoms. The Balaban J connectivity index is 1.79. The van der Waals surface area contributed by atoms with Crippen molar-refractivity contribution in [2.75, 3.05) is 12.3 Å². The number of H-pyrrole nitrogens is 1. The molecule has 0 atom stereocenters. The summed E-state index contributed by atoms with van der Waals surface area (Å²) in [7, 11) is 0. The second-order valence-electron chi connectivity index (χ2n) is 4.66. The molecule has 1 aliphatic carbocycles. The summed E-state index contributed by atoms with van der Waals surface area (Å²) in [5.74, 6) is 0.739. The molecule has 1 aromatic rings. The number of nitrogens with two attached hydrogens (primary N) is 1. The molecule has 1 aromatic heterocycles. The number of nitrogen functional groups attached to an aromatic ring is 1. The van der Waals surface area contributed by atoms with E-state index < -0.39 is 0 Å². The highest BCUT2D eigenvalue weighted by Gasteiger charge is 2.20. The van der Waals surface area contributed by atoms with Crippen LogP contribution in [-0.4, -0.2) is 22.6 Å². The first-order chi connectivity index (χ1) is 8.22. The Bertz CT molecular complexity index is 395. The highest BCUT2D eigenvalue weighted by Crippen LogP contribution is 2.33. The van der Waals surface area contributed by atoms with Crippen LogP contribution in [0.15, 0.2) is 0 Å². The van der Waals surface area contributed by atoms with Crippen molar-refractivity contribution in [2.24, 2.45) is 5.92 Å². The molecule has 1 aliphatic rings. The second-order valence-corrected chi connectivity index (χ2v) is 4.66. The van der Waals surface area contributed by atoms with Crippen LogP contribution >= 0.6 is 0 Å². The first kappa shape index (κ1) is 12.0. The van der Waals surface area contributed by atoms with Gasteiger partial charge in [-0.2, -0.15) is 5.10 Å². The molecule has 5 heteroatoms. The molecule has 94 valence electrons. The molecule has 0 aliphatic heterocycles. The molecule has 1 fully saturated rings. The van der Waals surface area contributed by atoms with Gasteiger partial charge in [-0.25, -0.2) is 0 Å². The number of nitrogens with one attached hydrogen (secondary N) is 2. The highest BCUT2D eigenvalue weighted by atomic mass is 16.1. The quantitative estimate of drug-likeness (QED) is 0.654. The van der Waals surface area contributed by atoms with Crippen LogP contribution in [0, 0.1) is 5.92 Å². The Morgan fingerprint density at radius 2 is 2.35 bits per heavy atom. The maximum absolute atomic E-state index is 11.8. The molecular weight excluding hydrogens is 216 g/mol. The number of rotatable bonds is 6. The maximum Gasteiger partial charge on any atom is 0.273 e. The minimum atomic E-state index is -0.172. The van der Waals surface area contributed by atoms with E-state index in [1.54, 1.807) is 0 Å². The molecule has 0 unspecified atom stereocenters. The van der Waals surface area contributed by atoms with Gasteiger partial charge in [-0.15, -0.1) is 0 Å². The summed E-state index contributed by atoms with van der Waals surface area (Å²) in [5.41, 5.74) is 7.46. The summed E-state index contributed by atoms with van der Waals surface area (Å²) in [6, 6.07) is 0. The summed E-state index contributed by atoms with van der Waals surface area (Å²) in [5, 5.41) is 9.60. The Labute approximate surface area is 101 Å². The lowest BCUT2D eigenvalue weighted by Crippen LogP contribution is -2.25.